The number of aromatic amines is 1. The van der Waals surface area contributed by atoms with Crippen LogP contribution < -0.4 is 5.32 Å². The van der Waals surface area contributed by atoms with E-state index in [1.165, 1.54) is 5.56 Å². The third-order valence-corrected chi connectivity index (χ3v) is 4.03. The molecular formula is C19H17N5. The van der Waals surface area contributed by atoms with E-state index in [4.69, 9.17) is 0 Å². The molecule has 0 spiro atoms. The highest BCUT2D eigenvalue weighted by Crippen LogP contribution is 2.27. The van der Waals surface area contributed by atoms with Gasteiger partial charge in [0.1, 0.15) is 5.52 Å². The van der Waals surface area contributed by atoms with Crippen LogP contribution in [-0.4, -0.2) is 19.9 Å². The number of rotatable bonds is 4. The average molecular weight is 315 g/mol. The molecule has 5 heteroatoms. The molecule has 0 aliphatic carbocycles. The lowest BCUT2D eigenvalue weighted by Gasteiger charge is -2.16. The van der Waals surface area contributed by atoms with E-state index >= 15 is 0 Å². The predicted octanol–water partition coefficient (Wildman–Crippen LogP) is 4.19. The van der Waals surface area contributed by atoms with Crippen LogP contribution in [0.5, 0.6) is 0 Å². The van der Waals surface area contributed by atoms with Crippen molar-refractivity contribution in [1.29, 1.82) is 0 Å². The van der Waals surface area contributed by atoms with Crippen molar-refractivity contribution in [3.8, 4) is 11.3 Å². The summed E-state index contributed by atoms with van der Waals surface area (Å²) in [6, 6.07) is 14.6. The quantitative estimate of drug-likeness (QED) is 0.592. The highest BCUT2D eigenvalue weighted by atomic mass is 14.9. The molecule has 3 heterocycles. The van der Waals surface area contributed by atoms with Crippen LogP contribution in [0.2, 0.25) is 0 Å². The first-order valence-electron chi connectivity index (χ1n) is 7.87. The molecule has 0 saturated heterocycles. The van der Waals surface area contributed by atoms with Crippen LogP contribution in [0.4, 0.5) is 5.69 Å². The number of nitrogens with one attached hydrogen (secondary N) is 2. The molecule has 0 aliphatic heterocycles. The van der Waals surface area contributed by atoms with Crippen molar-refractivity contribution < 1.29 is 0 Å². The Balaban J connectivity index is 1.64. The van der Waals surface area contributed by atoms with Crippen LogP contribution in [-0.2, 0) is 0 Å². The number of nitrogens with zero attached hydrogens (tertiary/aromatic N) is 3. The number of pyridine rings is 1. The molecule has 0 saturated carbocycles. The van der Waals surface area contributed by atoms with Crippen molar-refractivity contribution in [3.05, 3.63) is 72.8 Å². The summed E-state index contributed by atoms with van der Waals surface area (Å²) in [5.74, 6) is 0. The Morgan fingerprint density at radius 3 is 2.67 bits per heavy atom. The summed E-state index contributed by atoms with van der Waals surface area (Å²) in [6.07, 6.45) is 7.08. The largest absolute Gasteiger partial charge is 0.378 e. The van der Waals surface area contributed by atoms with Gasteiger partial charge in [-0.2, -0.15) is 0 Å². The minimum Gasteiger partial charge on any atom is -0.378 e. The maximum Gasteiger partial charge on any atom is 0.156 e. The average Bonchev–Trinajstić information content (AvgIpc) is 3.07. The van der Waals surface area contributed by atoms with E-state index in [-0.39, 0.29) is 6.04 Å². The lowest BCUT2D eigenvalue weighted by molar-refractivity contribution is 0.884. The number of anilines is 1. The second kappa shape index (κ2) is 6.12. The highest BCUT2D eigenvalue weighted by Gasteiger charge is 2.11. The van der Waals surface area contributed by atoms with E-state index in [9.17, 15) is 0 Å². The van der Waals surface area contributed by atoms with Gasteiger partial charge in [-0.15, -0.1) is 0 Å². The van der Waals surface area contributed by atoms with E-state index in [1.807, 2.05) is 30.6 Å². The van der Waals surface area contributed by atoms with Crippen LogP contribution >= 0.6 is 0 Å². The normalized spacial score (nSPS) is 12.2. The summed E-state index contributed by atoms with van der Waals surface area (Å²) in [5, 5.41) is 3.52. The molecule has 118 valence electrons. The molecule has 1 atom stereocenters. The lowest BCUT2D eigenvalue weighted by Crippen LogP contribution is -2.06. The first-order chi connectivity index (χ1) is 11.8. The topological polar surface area (TPSA) is 66.5 Å². The predicted molar refractivity (Wildman–Crippen MR) is 95.6 cm³/mol. The first-order valence-corrected chi connectivity index (χ1v) is 7.87. The fraction of sp³-hybridized carbons (Fsp3) is 0.105. The van der Waals surface area contributed by atoms with Gasteiger partial charge >= 0.3 is 0 Å². The fourth-order valence-electron chi connectivity index (χ4n) is 2.79. The summed E-state index contributed by atoms with van der Waals surface area (Å²) in [6.45, 7) is 2.15. The Labute approximate surface area is 139 Å². The summed E-state index contributed by atoms with van der Waals surface area (Å²) in [7, 11) is 0. The van der Waals surface area contributed by atoms with Gasteiger partial charge in [-0.05, 0) is 24.6 Å². The van der Waals surface area contributed by atoms with E-state index in [2.05, 4.69) is 56.4 Å². The van der Waals surface area contributed by atoms with Crippen molar-refractivity contribution in [2.45, 2.75) is 13.0 Å². The zero-order chi connectivity index (χ0) is 16.4. The third kappa shape index (κ3) is 2.72. The van der Waals surface area contributed by atoms with Gasteiger partial charge in [0.2, 0.25) is 0 Å². The number of hydrogen-bond donors (Lipinski definition) is 2. The molecule has 0 fully saturated rings. The van der Waals surface area contributed by atoms with Gasteiger partial charge in [-0.3, -0.25) is 9.97 Å². The molecule has 1 aromatic carbocycles. The lowest BCUT2D eigenvalue weighted by atomic mass is 10.1. The number of hydrogen-bond acceptors (Lipinski definition) is 4. The van der Waals surface area contributed by atoms with Gasteiger partial charge in [0.25, 0.3) is 0 Å². The van der Waals surface area contributed by atoms with E-state index < -0.39 is 0 Å². The van der Waals surface area contributed by atoms with Crippen LogP contribution in [0.15, 0.2) is 67.3 Å². The second-order valence-electron chi connectivity index (χ2n) is 5.66. The van der Waals surface area contributed by atoms with Gasteiger partial charge in [-0.25, -0.2) is 4.98 Å². The molecule has 5 nitrogen and oxygen atoms in total. The molecule has 0 radical (unpaired) electrons. The van der Waals surface area contributed by atoms with Crippen LogP contribution in [0, 0.1) is 0 Å². The van der Waals surface area contributed by atoms with Gasteiger partial charge in [0.05, 0.1) is 5.69 Å². The monoisotopic (exact) mass is 315 g/mol. The van der Waals surface area contributed by atoms with Gasteiger partial charge in [0, 0.05) is 42.1 Å². The maximum absolute atomic E-state index is 4.48. The smallest absolute Gasteiger partial charge is 0.156 e. The van der Waals surface area contributed by atoms with E-state index in [1.54, 1.807) is 12.4 Å². The molecule has 0 unspecified atom stereocenters. The van der Waals surface area contributed by atoms with Gasteiger partial charge < -0.3 is 10.3 Å². The minimum absolute atomic E-state index is 0.212. The second-order valence-corrected chi connectivity index (χ2v) is 5.66. The fourth-order valence-corrected chi connectivity index (χ4v) is 2.79. The Morgan fingerprint density at radius 2 is 1.79 bits per heavy atom. The Morgan fingerprint density at radius 1 is 0.958 bits per heavy atom. The molecule has 0 amide bonds. The molecule has 3 aromatic heterocycles. The molecule has 2 N–H and O–H groups in total. The van der Waals surface area contributed by atoms with Crippen LogP contribution in [0.1, 0.15) is 18.5 Å². The number of H-pyrrole nitrogens is 1. The first kappa shape index (κ1) is 14.4. The molecule has 24 heavy (non-hydrogen) atoms. The Hall–Kier alpha value is -3.21. The van der Waals surface area contributed by atoms with Gasteiger partial charge in [-0.1, -0.05) is 30.3 Å². The highest BCUT2D eigenvalue weighted by molar-refractivity contribution is 5.89. The molecule has 0 bridgehead atoms. The van der Waals surface area contributed by atoms with Crippen molar-refractivity contribution in [1.82, 2.24) is 19.9 Å². The standard InChI is InChI=1S/C19H17N5/c1-13(14-5-3-2-4-6-14)24-15-7-8-20-17(11-15)16-12-23-19-18(16)21-9-10-22-19/h2-13H,1H3,(H,20,24)(H,22,23)/t13-/m0/s1. The van der Waals surface area contributed by atoms with E-state index in [0.717, 1.165) is 28.1 Å². The van der Waals surface area contributed by atoms with Crippen molar-refractivity contribution >= 4 is 16.9 Å². The number of aromatic nitrogens is 4. The van der Waals surface area contributed by atoms with Crippen LogP contribution in [0.3, 0.4) is 0 Å². The zero-order valence-corrected chi connectivity index (χ0v) is 13.3. The SMILES string of the molecule is C[C@H](Nc1ccnc(-c2c[nH]c3nccnc23)c1)c1ccccc1. The zero-order valence-electron chi connectivity index (χ0n) is 13.3. The molecule has 0 aliphatic rings. The summed E-state index contributed by atoms with van der Waals surface area (Å²) in [4.78, 5) is 16.3. The van der Waals surface area contributed by atoms with Crippen molar-refractivity contribution in [2.24, 2.45) is 0 Å². The van der Waals surface area contributed by atoms with Crippen molar-refractivity contribution in [2.75, 3.05) is 5.32 Å². The minimum atomic E-state index is 0.212. The van der Waals surface area contributed by atoms with E-state index in [0.29, 0.717) is 0 Å². The molecular weight excluding hydrogens is 298 g/mol. The van der Waals surface area contributed by atoms with Crippen LogP contribution in [0.25, 0.3) is 22.4 Å². The van der Waals surface area contributed by atoms with Gasteiger partial charge in [0.15, 0.2) is 5.65 Å². The van der Waals surface area contributed by atoms with Crippen molar-refractivity contribution in [3.63, 3.8) is 0 Å². The third-order valence-electron chi connectivity index (χ3n) is 4.03. The summed E-state index contributed by atoms with van der Waals surface area (Å²) < 4.78 is 0. The molecule has 4 aromatic rings. The summed E-state index contributed by atoms with van der Waals surface area (Å²) >= 11 is 0. The maximum atomic E-state index is 4.48. The Bertz CT molecular complexity index is 962. The Kier molecular flexibility index (Phi) is 3.67. The summed E-state index contributed by atoms with van der Waals surface area (Å²) in [5.41, 5.74) is 5.69. The molecule has 4 rings (SSSR count). The number of benzene rings is 1. The number of fused-ring (bicyclic) bond motifs is 1.